The minimum Gasteiger partial charge on any atom is -0.371 e. The van der Waals surface area contributed by atoms with Crippen LogP contribution in [0.4, 0.5) is 10.8 Å². The van der Waals surface area contributed by atoms with Crippen LogP contribution in [0.25, 0.3) is 0 Å². The molecule has 2 atom stereocenters. The van der Waals surface area contributed by atoms with E-state index in [1.165, 1.54) is 11.3 Å². The lowest BCUT2D eigenvalue weighted by Gasteiger charge is -2.13. The van der Waals surface area contributed by atoms with E-state index in [0.29, 0.717) is 23.0 Å². The first kappa shape index (κ1) is 17.6. The first-order valence-electron chi connectivity index (χ1n) is 8.56. The van der Waals surface area contributed by atoms with Gasteiger partial charge in [0.05, 0.1) is 17.7 Å². The van der Waals surface area contributed by atoms with Crippen molar-refractivity contribution in [3.8, 4) is 0 Å². The van der Waals surface area contributed by atoms with Gasteiger partial charge in [-0.05, 0) is 25.0 Å². The number of ether oxygens (including phenoxy) is 1. The number of hydrogen-bond acceptors (Lipinski definition) is 7. The average molecular weight is 387 g/mol. The molecule has 27 heavy (non-hydrogen) atoms. The van der Waals surface area contributed by atoms with Gasteiger partial charge in [0.25, 0.3) is 5.91 Å². The predicted octanol–water partition coefficient (Wildman–Crippen LogP) is 1.47. The number of hydrogen-bond donors (Lipinski definition) is 3. The molecule has 0 spiro atoms. The Morgan fingerprint density at radius 3 is 2.96 bits per heavy atom. The minimum atomic E-state index is -0.976. The summed E-state index contributed by atoms with van der Waals surface area (Å²) in [5, 5.41) is 16.9. The number of nitrogens with zero attached hydrogens (tertiary/aromatic N) is 2. The van der Waals surface area contributed by atoms with Gasteiger partial charge in [-0.25, -0.2) is 0 Å². The highest BCUT2D eigenvalue weighted by Crippen LogP contribution is 2.32. The Balaban J connectivity index is 1.39. The lowest BCUT2D eigenvalue weighted by molar-refractivity contribution is -0.122. The maximum atomic E-state index is 12.3. The topological polar surface area (TPSA) is 122 Å². The molecular formula is C17H17N5O4S. The van der Waals surface area contributed by atoms with Crippen molar-refractivity contribution in [1.29, 1.82) is 0 Å². The molecule has 10 heteroatoms. The SMILES string of the molecule is O=C(CC1NC(=O)c2ccccc2NC1=O)Nc1nnc(C2CCCO2)s1. The van der Waals surface area contributed by atoms with Crippen LogP contribution in [0, 0.1) is 0 Å². The molecule has 3 heterocycles. The van der Waals surface area contributed by atoms with E-state index in [4.69, 9.17) is 4.74 Å². The Morgan fingerprint density at radius 1 is 1.30 bits per heavy atom. The highest BCUT2D eigenvalue weighted by atomic mass is 32.1. The Morgan fingerprint density at radius 2 is 2.15 bits per heavy atom. The number of aromatic nitrogens is 2. The van der Waals surface area contributed by atoms with Crippen LogP contribution in [0.2, 0.25) is 0 Å². The van der Waals surface area contributed by atoms with Crippen LogP contribution in [0.15, 0.2) is 24.3 Å². The molecule has 1 aromatic heterocycles. The van der Waals surface area contributed by atoms with E-state index < -0.39 is 23.8 Å². The number of para-hydroxylation sites is 1. The van der Waals surface area contributed by atoms with Crippen molar-refractivity contribution in [3.05, 3.63) is 34.8 Å². The molecule has 3 amide bonds. The molecule has 1 fully saturated rings. The monoisotopic (exact) mass is 387 g/mol. The summed E-state index contributed by atoms with van der Waals surface area (Å²) >= 11 is 1.25. The van der Waals surface area contributed by atoms with Crippen LogP contribution >= 0.6 is 11.3 Å². The average Bonchev–Trinajstić information content (AvgIpc) is 3.31. The molecule has 4 rings (SSSR count). The van der Waals surface area contributed by atoms with Crippen LogP contribution < -0.4 is 16.0 Å². The third-order valence-corrected chi connectivity index (χ3v) is 5.26. The zero-order valence-corrected chi connectivity index (χ0v) is 15.0. The standard InChI is InChI=1S/C17H17N5O4S/c23-13(20-17-22-21-16(27-17)12-6-3-7-26-12)8-11-15(25)18-10-5-2-1-4-9(10)14(24)19-11/h1-2,4-5,11-12H,3,6-8H2,(H,18,25)(H,19,24)(H,20,22,23). The van der Waals surface area contributed by atoms with Crippen molar-refractivity contribution in [2.24, 2.45) is 0 Å². The van der Waals surface area contributed by atoms with Gasteiger partial charge in [0.1, 0.15) is 17.2 Å². The second-order valence-electron chi connectivity index (χ2n) is 6.26. The second-order valence-corrected chi connectivity index (χ2v) is 7.27. The fourth-order valence-corrected chi connectivity index (χ4v) is 3.84. The fourth-order valence-electron chi connectivity index (χ4n) is 3.00. The molecule has 2 unspecified atom stereocenters. The number of carbonyl (C=O) groups excluding carboxylic acids is 3. The van der Waals surface area contributed by atoms with Crippen LogP contribution in [0.1, 0.15) is 40.7 Å². The summed E-state index contributed by atoms with van der Waals surface area (Å²) in [5.74, 6) is -1.28. The molecule has 2 aliphatic rings. The van der Waals surface area contributed by atoms with Crippen LogP contribution in [0.3, 0.4) is 0 Å². The van der Waals surface area contributed by atoms with E-state index in [-0.39, 0.29) is 12.5 Å². The molecule has 2 aliphatic heterocycles. The van der Waals surface area contributed by atoms with Gasteiger partial charge in [-0.1, -0.05) is 23.5 Å². The highest BCUT2D eigenvalue weighted by molar-refractivity contribution is 7.15. The summed E-state index contributed by atoms with van der Waals surface area (Å²) in [6.45, 7) is 0.699. The highest BCUT2D eigenvalue weighted by Gasteiger charge is 2.30. The van der Waals surface area contributed by atoms with Gasteiger partial charge in [-0.2, -0.15) is 0 Å². The molecule has 140 valence electrons. The van der Waals surface area contributed by atoms with Gasteiger partial charge < -0.3 is 20.7 Å². The molecule has 0 radical (unpaired) electrons. The quantitative estimate of drug-likeness (QED) is 0.730. The van der Waals surface area contributed by atoms with Gasteiger partial charge >= 0.3 is 0 Å². The lowest BCUT2D eigenvalue weighted by atomic mass is 10.1. The molecule has 2 aromatic rings. The number of rotatable bonds is 4. The van der Waals surface area contributed by atoms with Crippen molar-refractivity contribution in [3.63, 3.8) is 0 Å². The number of carbonyl (C=O) groups is 3. The van der Waals surface area contributed by atoms with E-state index in [1.807, 2.05) is 0 Å². The predicted molar refractivity (Wildman–Crippen MR) is 97.4 cm³/mol. The summed E-state index contributed by atoms with van der Waals surface area (Å²) in [6.07, 6.45) is 1.58. The first-order valence-corrected chi connectivity index (χ1v) is 9.37. The molecule has 3 N–H and O–H groups in total. The Kier molecular flexibility index (Phi) is 4.82. The smallest absolute Gasteiger partial charge is 0.254 e. The first-order chi connectivity index (χ1) is 13.1. The zero-order chi connectivity index (χ0) is 18.8. The molecule has 0 aliphatic carbocycles. The minimum absolute atomic E-state index is 0.0708. The van der Waals surface area contributed by atoms with Gasteiger partial charge in [-0.3, -0.25) is 14.4 Å². The van der Waals surface area contributed by atoms with E-state index in [2.05, 4.69) is 26.1 Å². The van der Waals surface area contributed by atoms with Gasteiger partial charge in [0.2, 0.25) is 16.9 Å². The van der Waals surface area contributed by atoms with Gasteiger partial charge in [0.15, 0.2) is 0 Å². The number of nitrogens with one attached hydrogen (secondary N) is 3. The maximum Gasteiger partial charge on any atom is 0.254 e. The third kappa shape index (κ3) is 3.81. The number of fused-ring (bicyclic) bond motifs is 1. The summed E-state index contributed by atoms with van der Waals surface area (Å²) in [6, 6.07) is 5.71. The normalized spacial score (nSPS) is 21.8. The van der Waals surface area contributed by atoms with Crippen molar-refractivity contribution in [1.82, 2.24) is 15.5 Å². The van der Waals surface area contributed by atoms with Crippen LogP contribution in [-0.2, 0) is 14.3 Å². The molecule has 1 saturated heterocycles. The van der Waals surface area contributed by atoms with E-state index in [1.54, 1.807) is 24.3 Å². The molecule has 0 saturated carbocycles. The summed E-state index contributed by atoms with van der Waals surface area (Å²) in [4.78, 5) is 36.9. The Hall–Kier alpha value is -2.85. The van der Waals surface area contributed by atoms with Crippen molar-refractivity contribution in [2.75, 3.05) is 17.2 Å². The van der Waals surface area contributed by atoms with Crippen molar-refractivity contribution >= 4 is 39.9 Å². The summed E-state index contributed by atoms with van der Waals surface area (Å²) in [7, 11) is 0. The van der Waals surface area contributed by atoms with E-state index in [0.717, 1.165) is 17.8 Å². The largest absolute Gasteiger partial charge is 0.371 e. The van der Waals surface area contributed by atoms with E-state index in [9.17, 15) is 14.4 Å². The molecule has 1 aromatic carbocycles. The molecule has 9 nitrogen and oxygen atoms in total. The molecular weight excluding hydrogens is 370 g/mol. The maximum absolute atomic E-state index is 12.3. The fraction of sp³-hybridized carbons (Fsp3) is 0.353. The van der Waals surface area contributed by atoms with Crippen LogP contribution in [0.5, 0.6) is 0 Å². The van der Waals surface area contributed by atoms with Gasteiger partial charge in [0, 0.05) is 6.61 Å². The van der Waals surface area contributed by atoms with Gasteiger partial charge in [-0.15, -0.1) is 10.2 Å². The number of anilines is 2. The molecule has 0 bridgehead atoms. The Bertz CT molecular complexity index is 893. The van der Waals surface area contributed by atoms with Crippen molar-refractivity contribution in [2.45, 2.75) is 31.4 Å². The lowest BCUT2D eigenvalue weighted by Crippen LogP contribution is -2.43. The van der Waals surface area contributed by atoms with Crippen molar-refractivity contribution < 1.29 is 19.1 Å². The second kappa shape index (κ2) is 7.41. The number of benzene rings is 1. The van der Waals surface area contributed by atoms with E-state index >= 15 is 0 Å². The Labute approximate surface area is 158 Å². The van der Waals surface area contributed by atoms with Crippen LogP contribution in [-0.4, -0.2) is 40.6 Å². The summed E-state index contributed by atoms with van der Waals surface area (Å²) < 4.78 is 5.54. The zero-order valence-electron chi connectivity index (χ0n) is 14.2. The number of amides is 3. The third-order valence-electron chi connectivity index (χ3n) is 4.33. The summed E-state index contributed by atoms with van der Waals surface area (Å²) in [5.41, 5.74) is 0.785.